The zero-order chi connectivity index (χ0) is 24.2. The summed E-state index contributed by atoms with van der Waals surface area (Å²) in [6.07, 6.45) is 5.46. The number of methoxy groups -OCH3 is 1. The molecule has 1 amide bonds. The molecule has 0 saturated heterocycles. The Kier molecular flexibility index (Phi) is 6.26. The SMILES string of the molecule is COc1ccc2cc([C@H](C)C(=O)NCc3cn(-c4ccccc4)nc3-c3ccncc3)ccc2c1. The van der Waals surface area contributed by atoms with Gasteiger partial charge in [-0.25, -0.2) is 4.68 Å². The molecule has 35 heavy (non-hydrogen) atoms. The molecule has 0 radical (unpaired) electrons. The highest BCUT2D eigenvalue weighted by Crippen LogP contribution is 2.26. The van der Waals surface area contributed by atoms with Crippen molar-refractivity contribution in [3.05, 3.63) is 109 Å². The van der Waals surface area contributed by atoms with Gasteiger partial charge in [0.2, 0.25) is 5.91 Å². The highest BCUT2D eigenvalue weighted by Gasteiger charge is 2.18. The highest BCUT2D eigenvalue weighted by molar-refractivity contribution is 5.88. The van der Waals surface area contributed by atoms with Crippen LogP contribution in [-0.4, -0.2) is 27.8 Å². The zero-order valence-electron chi connectivity index (χ0n) is 19.7. The van der Waals surface area contributed by atoms with Gasteiger partial charge in [0.1, 0.15) is 5.75 Å². The van der Waals surface area contributed by atoms with Crippen molar-refractivity contribution in [2.24, 2.45) is 0 Å². The smallest absolute Gasteiger partial charge is 0.227 e. The number of aromatic nitrogens is 3. The van der Waals surface area contributed by atoms with Crippen molar-refractivity contribution in [3.8, 4) is 22.7 Å². The van der Waals surface area contributed by atoms with E-state index < -0.39 is 0 Å². The minimum absolute atomic E-state index is 0.0361. The Morgan fingerprint density at radius 3 is 2.49 bits per heavy atom. The first-order valence-electron chi connectivity index (χ1n) is 11.5. The van der Waals surface area contributed by atoms with Crippen molar-refractivity contribution < 1.29 is 9.53 Å². The van der Waals surface area contributed by atoms with Crippen molar-refractivity contribution in [2.45, 2.75) is 19.4 Å². The minimum atomic E-state index is -0.296. The van der Waals surface area contributed by atoms with E-state index in [0.717, 1.165) is 44.6 Å². The quantitative estimate of drug-likeness (QED) is 0.346. The molecule has 3 aromatic carbocycles. The third-order valence-electron chi connectivity index (χ3n) is 6.18. The molecular weight excluding hydrogens is 436 g/mol. The van der Waals surface area contributed by atoms with Gasteiger partial charge in [0.15, 0.2) is 0 Å². The normalized spacial score (nSPS) is 11.8. The number of nitrogens with zero attached hydrogens (tertiary/aromatic N) is 3. The lowest BCUT2D eigenvalue weighted by molar-refractivity contribution is -0.122. The van der Waals surface area contributed by atoms with Crippen LogP contribution in [0.3, 0.4) is 0 Å². The maximum Gasteiger partial charge on any atom is 0.227 e. The summed E-state index contributed by atoms with van der Waals surface area (Å²) < 4.78 is 7.15. The maximum atomic E-state index is 13.1. The topological polar surface area (TPSA) is 69.0 Å². The van der Waals surface area contributed by atoms with Crippen LogP contribution >= 0.6 is 0 Å². The van der Waals surface area contributed by atoms with Crippen LogP contribution in [0.25, 0.3) is 27.7 Å². The number of carbonyl (C=O) groups is 1. The number of benzene rings is 3. The largest absolute Gasteiger partial charge is 0.497 e. The van der Waals surface area contributed by atoms with E-state index in [1.165, 1.54) is 0 Å². The zero-order valence-corrected chi connectivity index (χ0v) is 19.7. The Morgan fingerprint density at radius 1 is 0.971 bits per heavy atom. The Balaban J connectivity index is 1.37. The van der Waals surface area contributed by atoms with E-state index in [0.29, 0.717) is 6.54 Å². The number of hydrogen-bond acceptors (Lipinski definition) is 4. The lowest BCUT2D eigenvalue weighted by Gasteiger charge is -2.14. The van der Waals surface area contributed by atoms with Gasteiger partial charge < -0.3 is 10.1 Å². The molecular formula is C29H26N4O2. The number of nitrogens with one attached hydrogen (secondary N) is 1. The van der Waals surface area contributed by atoms with E-state index in [4.69, 9.17) is 9.84 Å². The van der Waals surface area contributed by atoms with E-state index in [1.54, 1.807) is 19.5 Å². The molecule has 6 heteroatoms. The molecule has 0 fully saturated rings. The van der Waals surface area contributed by atoms with Crippen LogP contribution in [0.4, 0.5) is 0 Å². The third-order valence-corrected chi connectivity index (χ3v) is 6.18. The van der Waals surface area contributed by atoms with Crippen LogP contribution in [0.15, 0.2) is 97.5 Å². The highest BCUT2D eigenvalue weighted by atomic mass is 16.5. The number of rotatable bonds is 7. The summed E-state index contributed by atoms with van der Waals surface area (Å²) in [7, 11) is 1.66. The fourth-order valence-corrected chi connectivity index (χ4v) is 4.13. The Morgan fingerprint density at radius 2 is 1.71 bits per heavy atom. The molecule has 0 aliphatic heterocycles. The average molecular weight is 463 g/mol. The van der Waals surface area contributed by atoms with Crippen molar-refractivity contribution in [2.75, 3.05) is 7.11 Å². The number of ether oxygens (including phenoxy) is 1. The predicted octanol–water partition coefficient (Wildman–Crippen LogP) is 5.52. The standard InChI is InChI=1S/C29H26N4O2/c1-20(22-8-9-24-17-27(35-2)11-10-23(24)16-22)29(34)31-18-25-19-33(26-6-4-3-5-7-26)32-28(25)21-12-14-30-15-13-21/h3-17,19-20H,18H2,1-2H3,(H,31,34)/t20-/m0/s1. The van der Waals surface area contributed by atoms with Gasteiger partial charge in [-0.05, 0) is 59.7 Å². The van der Waals surface area contributed by atoms with Crippen molar-refractivity contribution >= 4 is 16.7 Å². The second-order valence-corrected chi connectivity index (χ2v) is 8.43. The molecule has 2 heterocycles. The van der Waals surface area contributed by atoms with Gasteiger partial charge in [-0.1, -0.05) is 42.5 Å². The van der Waals surface area contributed by atoms with E-state index in [1.807, 2.05) is 90.6 Å². The fraction of sp³-hybridized carbons (Fsp3) is 0.138. The number of para-hydroxylation sites is 1. The van der Waals surface area contributed by atoms with Crippen LogP contribution in [0.1, 0.15) is 24.0 Å². The summed E-state index contributed by atoms with van der Waals surface area (Å²) in [6.45, 7) is 2.30. The van der Waals surface area contributed by atoms with Crippen LogP contribution < -0.4 is 10.1 Å². The summed E-state index contributed by atoms with van der Waals surface area (Å²) in [5.74, 6) is 0.484. The van der Waals surface area contributed by atoms with Crippen molar-refractivity contribution in [1.29, 1.82) is 0 Å². The van der Waals surface area contributed by atoms with Gasteiger partial charge >= 0.3 is 0 Å². The molecule has 174 valence electrons. The molecule has 1 atom stereocenters. The van der Waals surface area contributed by atoms with E-state index in [2.05, 4.69) is 16.4 Å². The summed E-state index contributed by atoms with van der Waals surface area (Å²) in [4.78, 5) is 17.2. The van der Waals surface area contributed by atoms with Gasteiger partial charge in [0, 0.05) is 36.3 Å². The second-order valence-electron chi connectivity index (χ2n) is 8.43. The van der Waals surface area contributed by atoms with Gasteiger partial charge in [0.25, 0.3) is 0 Å². The summed E-state index contributed by atoms with van der Waals surface area (Å²) in [5.41, 5.74) is 4.64. The molecule has 5 aromatic rings. The fourth-order valence-electron chi connectivity index (χ4n) is 4.13. The first-order valence-corrected chi connectivity index (χ1v) is 11.5. The molecule has 0 aliphatic rings. The summed E-state index contributed by atoms with van der Waals surface area (Å²) in [6, 6.07) is 25.8. The average Bonchev–Trinajstić information content (AvgIpc) is 3.36. The van der Waals surface area contributed by atoms with Crippen LogP contribution in [-0.2, 0) is 11.3 Å². The second kappa shape index (κ2) is 9.81. The summed E-state index contributed by atoms with van der Waals surface area (Å²) in [5, 5.41) is 10.1. The Bertz CT molecular complexity index is 1460. The molecule has 0 aliphatic carbocycles. The first kappa shape index (κ1) is 22.3. The number of pyridine rings is 1. The molecule has 6 nitrogen and oxygen atoms in total. The van der Waals surface area contributed by atoms with Crippen molar-refractivity contribution in [3.63, 3.8) is 0 Å². The molecule has 0 unspecified atom stereocenters. The molecule has 0 saturated carbocycles. The number of fused-ring (bicyclic) bond motifs is 1. The summed E-state index contributed by atoms with van der Waals surface area (Å²) >= 11 is 0. The first-order chi connectivity index (χ1) is 17.1. The van der Waals surface area contributed by atoms with Gasteiger partial charge in [-0.15, -0.1) is 0 Å². The van der Waals surface area contributed by atoms with E-state index in [9.17, 15) is 4.79 Å². The lowest BCUT2D eigenvalue weighted by Crippen LogP contribution is -2.27. The molecule has 0 spiro atoms. The Hall–Kier alpha value is -4.45. The maximum absolute atomic E-state index is 13.1. The van der Waals surface area contributed by atoms with Crippen molar-refractivity contribution in [1.82, 2.24) is 20.1 Å². The van der Waals surface area contributed by atoms with Crippen LogP contribution in [0.5, 0.6) is 5.75 Å². The van der Waals surface area contributed by atoms with E-state index >= 15 is 0 Å². The number of carbonyl (C=O) groups excluding carboxylic acids is 1. The minimum Gasteiger partial charge on any atom is -0.497 e. The van der Waals surface area contributed by atoms with Gasteiger partial charge in [0.05, 0.1) is 24.4 Å². The Labute approximate surface area is 204 Å². The third kappa shape index (κ3) is 4.77. The molecule has 2 aromatic heterocycles. The molecule has 1 N–H and O–H groups in total. The van der Waals surface area contributed by atoms with Gasteiger partial charge in [-0.2, -0.15) is 5.10 Å². The predicted molar refractivity (Wildman–Crippen MR) is 138 cm³/mol. The number of hydrogen-bond donors (Lipinski definition) is 1. The van der Waals surface area contributed by atoms with Gasteiger partial charge in [-0.3, -0.25) is 9.78 Å². The van der Waals surface area contributed by atoms with Crippen LogP contribution in [0.2, 0.25) is 0 Å². The number of amides is 1. The molecule has 0 bridgehead atoms. The van der Waals surface area contributed by atoms with E-state index in [-0.39, 0.29) is 11.8 Å². The monoisotopic (exact) mass is 462 g/mol. The molecule has 5 rings (SSSR count). The lowest BCUT2D eigenvalue weighted by atomic mass is 9.97. The van der Waals surface area contributed by atoms with Crippen LogP contribution in [0, 0.1) is 0 Å².